The highest BCUT2D eigenvalue weighted by molar-refractivity contribution is 5.99. The molecule has 1 aliphatic heterocycles. The van der Waals surface area contributed by atoms with Gasteiger partial charge in [-0.1, -0.05) is 38.3 Å². The van der Waals surface area contributed by atoms with Crippen LogP contribution >= 0.6 is 0 Å². The fourth-order valence-corrected chi connectivity index (χ4v) is 4.35. The predicted octanol–water partition coefficient (Wildman–Crippen LogP) is 5.76. The highest BCUT2D eigenvalue weighted by atomic mass is 16.5. The van der Waals surface area contributed by atoms with E-state index in [1.165, 1.54) is 32.4 Å². The quantitative estimate of drug-likeness (QED) is 0.276. The maximum Gasteiger partial charge on any atom is 0.324 e. The number of H-pyrrole nitrogens is 1. The van der Waals surface area contributed by atoms with Crippen LogP contribution in [-0.2, 0) is 5.41 Å². The van der Waals surface area contributed by atoms with Crippen LogP contribution in [0.1, 0.15) is 57.2 Å². The standard InChI is InChI=1S/C30H34N6O3/c1-30(2,3)26-20-28(35-39-26)34-29(37)31-22-10-7-21(8-11-22)9-14-27-32-24-13-12-23(19-25(24)33-27)38-18-17-36-15-5-4-6-16-36/h7-8,10-13,19-20H,4-6,15-18H2,1-3H3,(H,32,33)(H2,31,34,35,37). The first-order valence-electron chi connectivity index (χ1n) is 13.3. The van der Waals surface area contributed by atoms with E-state index in [2.05, 4.69) is 42.5 Å². The van der Waals surface area contributed by atoms with Gasteiger partial charge in [0.2, 0.25) is 0 Å². The Morgan fingerprint density at radius 3 is 2.59 bits per heavy atom. The molecule has 0 aliphatic carbocycles. The average Bonchev–Trinajstić information content (AvgIpc) is 3.55. The normalized spacial score (nSPS) is 14.0. The SMILES string of the molecule is CC(C)(C)c1cc(NC(=O)Nc2ccc(C#Cc3nc4ccc(OCCN5CCCCC5)cc4[nH]3)cc2)no1. The zero-order valence-electron chi connectivity index (χ0n) is 22.6. The van der Waals surface area contributed by atoms with Gasteiger partial charge in [-0.05, 0) is 68.2 Å². The second-order valence-electron chi connectivity index (χ2n) is 10.7. The number of benzene rings is 2. The van der Waals surface area contributed by atoms with E-state index < -0.39 is 6.03 Å². The smallest absolute Gasteiger partial charge is 0.324 e. The monoisotopic (exact) mass is 526 g/mol. The number of aromatic nitrogens is 3. The van der Waals surface area contributed by atoms with E-state index in [1.54, 1.807) is 18.2 Å². The Labute approximate surface area is 228 Å². The van der Waals surface area contributed by atoms with Crippen molar-refractivity contribution >= 4 is 28.6 Å². The van der Waals surface area contributed by atoms with Gasteiger partial charge in [0, 0.05) is 35.3 Å². The van der Waals surface area contributed by atoms with Gasteiger partial charge in [-0.15, -0.1) is 0 Å². The summed E-state index contributed by atoms with van der Waals surface area (Å²) in [6.45, 7) is 10.0. The molecule has 0 unspecified atom stereocenters. The van der Waals surface area contributed by atoms with Crippen LogP contribution in [0.5, 0.6) is 5.75 Å². The summed E-state index contributed by atoms with van der Waals surface area (Å²) in [4.78, 5) is 22.6. The number of fused-ring (bicyclic) bond motifs is 1. The topological polar surface area (TPSA) is 108 Å². The molecule has 0 radical (unpaired) electrons. The molecule has 2 amide bonds. The summed E-state index contributed by atoms with van der Waals surface area (Å²) in [6, 6.07) is 14.4. The predicted molar refractivity (Wildman–Crippen MR) is 152 cm³/mol. The number of rotatable bonds is 6. The molecule has 202 valence electrons. The van der Waals surface area contributed by atoms with Gasteiger partial charge < -0.3 is 19.6 Å². The highest BCUT2D eigenvalue weighted by Gasteiger charge is 2.20. The summed E-state index contributed by atoms with van der Waals surface area (Å²) in [5.41, 5.74) is 2.98. The number of piperidine rings is 1. The van der Waals surface area contributed by atoms with Gasteiger partial charge in [-0.2, -0.15) is 0 Å². The Bertz CT molecular complexity index is 1480. The number of likely N-dealkylation sites (tertiary alicyclic amines) is 1. The number of nitrogens with zero attached hydrogens (tertiary/aromatic N) is 3. The van der Waals surface area contributed by atoms with E-state index in [9.17, 15) is 4.79 Å². The van der Waals surface area contributed by atoms with Crippen molar-refractivity contribution < 1.29 is 14.1 Å². The summed E-state index contributed by atoms with van der Waals surface area (Å²) in [7, 11) is 0. The number of hydrogen-bond acceptors (Lipinski definition) is 6. The van der Waals surface area contributed by atoms with Crippen molar-refractivity contribution in [3.05, 3.63) is 65.7 Å². The Morgan fingerprint density at radius 2 is 1.85 bits per heavy atom. The molecule has 9 heteroatoms. The van der Waals surface area contributed by atoms with Crippen molar-refractivity contribution in [3.8, 4) is 17.6 Å². The van der Waals surface area contributed by atoms with E-state index >= 15 is 0 Å². The molecule has 4 aromatic rings. The fourth-order valence-electron chi connectivity index (χ4n) is 4.35. The number of amides is 2. The Hall–Kier alpha value is -4.29. The van der Waals surface area contributed by atoms with Crippen molar-refractivity contribution in [3.63, 3.8) is 0 Å². The molecule has 2 aromatic carbocycles. The second-order valence-corrected chi connectivity index (χ2v) is 10.7. The molecule has 3 heterocycles. The van der Waals surface area contributed by atoms with Crippen molar-refractivity contribution in [1.82, 2.24) is 20.0 Å². The lowest BCUT2D eigenvalue weighted by Gasteiger charge is -2.26. The summed E-state index contributed by atoms with van der Waals surface area (Å²) in [5.74, 6) is 8.66. The maximum absolute atomic E-state index is 12.3. The van der Waals surface area contributed by atoms with E-state index in [0.717, 1.165) is 28.9 Å². The number of ether oxygens (including phenoxy) is 1. The summed E-state index contributed by atoms with van der Waals surface area (Å²) in [6.07, 6.45) is 3.90. The van der Waals surface area contributed by atoms with Gasteiger partial charge in [0.05, 0.1) is 11.0 Å². The minimum atomic E-state index is -0.403. The molecule has 1 aliphatic rings. The molecule has 5 rings (SSSR count). The van der Waals surface area contributed by atoms with Gasteiger partial charge in [0.15, 0.2) is 11.6 Å². The number of urea groups is 1. The van der Waals surface area contributed by atoms with Gasteiger partial charge in [0.25, 0.3) is 0 Å². The number of carbonyl (C=O) groups is 1. The summed E-state index contributed by atoms with van der Waals surface area (Å²) in [5, 5.41) is 9.36. The molecule has 2 aromatic heterocycles. The number of carbonyl (C=O) groups excluding carboxylic acids is 1. The number of aromatic amines is 1. The third-order valence-corrected chi connectivity index (χ3v) is 6.54. The lowest BCUT2D eigenvalue weighted by atomic mass is 9.93. The average molecular weight is 527 g/mol. The second kappa shape index (κ2) is 11.6. The number of hydrogen-bond donors (Lipinski definition) is 3. The maximum atomic E-state index is 12.3. The van der Waals surface area contributed by atoms with Crippen LogP contribution < -0.4 is 15.4 Å². The molecule has 3 N–H and O–H groups in total. The lowest BCUT2D eigenvalue weighted by Crippen LogP contribution is -2.33. The summed E-state index contributed by atoms with van der Waals surface area (Å²) < 4.78 is 11.3. The Kier molecular flexibility index (Phi) is 7.84. The van der Waals surface area contributed by atoms with Crippen molar-refractivity contribution in [2.45, 2.75) is 45.4 Å². The van der Waals surface area contributed by atoms with Crippen molar-refractivity contribution in [2.24, 2.45) is 0 Å². The number of nitrogens with one attached hydrogen (secondary N) is 3. The van der Waals surface area contributed by atoms with E-state index in [1.807, 2.05) is 51.1 Å². The van der Waals surface area contributed by atoms with Crippen molar-refractivity contribution in [1.29, 1.82) is 0 Å². The third kappa shape index (κ3) is 7.18. The molecule has 0 saturated carbocycles. The Balaban J connectivity index is 1.14. The molecule has 39 heavy (non-hydrogen) atoms. The number of anilines is 2. The first-order chi connectivity index (χ1) is 18.8. The largest absolute Gasteiger partial charge is 0.492 e. The first-order valence-corrected chi connectivity index (χ1v) is 13.3. The molecule has 1 saturated heterocycles. The van der Waals surface area contributed by atoms with Crippen molar-refractivity contribution in [2.75, 3.05) is 36.9 Å². The van der Waals surface area contributed by atoms with E-state index in [-0.39, 0.29) is 5.41 Å². The zero-order chi connectivity index (χ0) is 27.2. The van der Waals surface area contributed by atoms with Crippen LogP contribution in [0.3, 0.4) is 0 Å². The Morgan fingerprint density at radius 1 is 1.05 bits per heavy atom. The van der Waals surface area contributed by atoms with Crippen LogP contribution in [0.25, 0.3) is 11.0 Å². The van der Waals surface area contributed by atoms with Gasteiger partial charge in [-0.3, -0.25) is 10.2 Å². The molecular weight excluding hydrogens is 492 g/mol. The van der Waals surface area contributed by atoms with Gasteiger partial charge in [-0.25, -0.2) is 9.78 Å². The van der Waals surface area contributed by atoms with E-state index in [4.69, 9.17) is 9.26 Å². The molecule has 9 nitrogen and oxygen atoms in total. The van der Waals surface area contributed by atoms with Crippen LogP contribution in [0.2, 0.25) is 0 Å². The first kappa shape index (κ1) is 26.3. The van der Waals surface area contributed by atoms with Crippen LogP contribution in [-0.4, -0.2) is 52.3 Å². The lowest BCUT2D eigenvalue weighted by molar-refractivity contribution is 0.183. The van der Waals surface area contributed by atoms with E-state index in [0.29, 0.717) is 29.7 Å². The molecular formula is C30H34N6O3. The zero-order valence-corrected chi connectivity index (χ0v) is 22.6. The van der Waals surface area contributed by atoms with Crippen LogP contribution in [0.15, 0.2) is 53.1 Å². The fraction of sp³-hybridized carbons (Fsp3) is 0.367. The molecule has 0 spiro atoms. The molecule has 1 fully saturated rings. The minimum absolute atomic E-state index is 0.188. The molecule has 0 atom stereocenters. The number of imidazole rings is 1. The van der Waals surface area contributed by atoms with Crippen LogP contribution in [0.4, 0.5) is 16.3 Å². The highest BCUT2D eigenvalue weighted by Crippen LogP contribution is 2.24. The van der Waals surface area contributed by atoms with Crippen LogP contribution in [0, 0.1) is 11.8 Å². The van der Waals surface area contributed by atoms with Gasteiger partial charge >= 0.3 is 6.03 Å². The summed E-state index contributed by atoms with van der Waals surface area (Å²) >= 11 is 0. The third-order valence-electron chi connectivity index (χ3n) is 6.54. The molecule has 0 bridgehead atoms. The van der Waals surface area contributed by atoms with Gasteiger partial charge in [0.1, 0.15) is 18.1 Å². The minimum Gasteiger partial charge on any atom is -0.492 e.